The van der Waals surface area contributed by atoms with Gasteiger partial charge in [0.05, 0.1) is 45.7 Å². The number of rotatable bonds is 4. The van der Waals surface area contributed by atoms with Crippen LogP contribution in [0, 0.1) is 0 Å². The zero-order valence-corrected chi connectivity index (χ0v) is 19.0. The van der Waals surface area contributed by atoms with Crippen molar-refractivity contribution in [1.29, 1.82) is 0 Å². The van der Waals surface area contributed by atoms with Crippen molar-refractivity contribution in [3.8, 4) is 17.1 Å². The normalized spacial score (nSPS) is 17.9. The highest BCUT2D eigenvalue weighted by atomic mass is 35.5. The molecule has 6 heteroatoms. The van der Waals surface area contributed by atoms with Gasteiger partial charge in [0.1, 0.15) is 0 Å². The average molecular weight is 444 g/mol. The van der Waals surface area contributed by atoms with E-state index in [2.05, 4.69) is 71.2 Å². The van der Waals surface area contributed by atoms with Gasteiger partial charge in [-0.15, -0.1) is 0 Å². The maximum atomic E-state index is 6.18. The summed E-state index contributed by atoms with van der Waals surface area (Å²) in [6.07, 6.45) is 12.5. The molecule has 0 amide bonds. The number of aromatic nitrogens is 2. The number of halogens is 1. The minimum Gasteiger partial charge on any atom is -0.375 e. The minimum atomic E-state index is 0.138. The molecule has 1 unspecified atom stereocenters. The molecule has 2 heterocycles. The maximum Gasteiger partial charge on any atom is 0.0900 e. The van der Waals surface area contributed by atoms with Crippen LogP contribution in [-0.4, -0.2) is 34.4 Å². The zero-order chi connectivity index (χ0) is 22.1. The van der Waals surface area contributed by atoms with E-state index in [-0.39, 0.29) is 12.1 Å². The first-order chi connectivity index (χ1) is 15.6. The van der Waals surface area contributed by atoms with Gasteiger partial charge in [0.15, 0.2) is 0 Å². The predicted molar refractivity (Wildman–Crippen MR) is 133 cm³/mol. The summed E-state index contributed by atoms with van der Waals surface area (Å²) in [5.74, 6) is 0. The van der Waals surface area contributed by atoms with E-state index in [0.29, 0.717) is 6.54 Å². The molecule has 1 aromatic carbocycles. The zero-order valence-electron chi connectivity index (χ0n) is 18.3. The quantitative estimate of drug-likeness (QED) is 0.668. The molecule has 0 saturated carbocycles. The van der Waals surface area contributed by atoms with Crippen molar-refractivity contribution in [1.82, 2.24) is 9.55 Å². The van der Waals surface area contributed by atoms with E-state index in [1.54, 1.807) is 0 Å². The molecule has 0 radical (unpaired) electrons. The summed E-state index contributed by atoms with van der Waals surface area (Å²) >= 11 is 6.18. The first-order valence-electron chi connectivity index (χ1n) is 11.1. The summed E-state index contributed by atoms with van der Waals surface area (Å²) < 4.78 is 2.28. The Balaban J connectivity index is 1.79. The molecule has 1 N–H and O–H groups in total. The topological polar surface area (TPSA) is 54.6 Å². The van der Waals surface area contributed by atoms with Crippen molar-refractivity contribution in [2.24, 2.45) is 9.98 Å². The smallest absolute Gasteiger partial charge is 0.0900 e. The Hall–Kier alpha value is -3.18. The molecule has 1 aromatic rings. The maximum absolute atomic E-state index is 6.18. The Morgan fingerprint density at radius 3 is 2.69 bits per heavy atom. The first-order valence-corrected chi connectivity index (χ1v) is 11.5. The van der Waals surface area contributed by atoms with Crippen molar-refractivity contribution in [2.75, 3.05) is 11.9 Å². The van der Waals surface area contributed by atoms with Crippen molar-refractivity contribution in [3.63, 3.8) is 0 Å². The van der Waals surface area contributed by atoms with Crippen LogP contribution >= 0.6 is 11.6 Å². The molecule has 162 valence electrons. The number of dihydropyridines is 1. The largest absolute Gasteiger partial charge is 0.375 e. The molecule has 0 saturated heterocycles. The van der Waals surface area contributed by atoms with Crippen molar-refractivity contribution in [2.45, 2.75) is 38.8 Å². The molecule has 0 aromatic heterocycles. The van der Waals surface area contributed by atoms with Crippen LogP contribution in [0.15, 0.2) is 58.5 Å². The Morgan fingerprint density at radius 2 is 1.94 bits per heavy atom. The highest BCUT2D eigenvalue weighted by molar-refractivity contribution is 6.30. The van der Waals surface area contributed by atoms with Gasteiger partial charge in [-0.1, -0.05) is 29.8 Å². The number of nitrogens with one attached hydrogen (secondary N) is 1. The lowest BCUT2D eigenvalue weighted by atomic mass is 10.1. The number of fused-ring (bicyclic) bond motifs is 2. The number of hydrogen-bond acceptors (Lipinski definition) is 4. The van der Waals surface area contributed by atoms with Gasteiger partial charge in [-0.25, -0.2) is 4.98 Å². The van der Waals surface area contributed by atoms with Gasteiger partial charge in [-0.2, -0.15) is 0 Å². The van der Waals surface area contributed by atoms with Crippen LogP contribution in [-0.2, 0) is 0 Å². The lowest BCUT2D eigenvalue weighted by Crippen LogP contribution is -2.40. The van der Waals surface area contributed by atoms with Gasteiger partial charge >= 0.3 is 0 Å². The third-order valence-electron chi connectivity index (χ3n) is 5.58. The monoisotopic (exact) mass is 443 g/mol. The molecule has 1 atom stereocenters. The second-order valence-electron chi connectivity index (χ2n) is 8.41. The van der Waals surface area contributed by atoms with Gasteiger partial charge in [-0.05, 0) is 69.2 Å². The number of nitrogens with zero attached hydrogens (tertiary/aromatic N) is 4. The highest BCUT2D eigenvalue weighted by Gasteiger charge is 2.17. The Labute approximate surface area is 192 Å². The molecule has 5 nitrogen and oxygen atoms in total. The SMILES string of the molecule is CC(C)N=c1cc2n(-c3ccc(Cl)cc3)c3c(nc-2cc1NC1C=CC=NC1)=CCCC=3. The lowest BCUT2D eigenvalue weighted by molar-refractivity contribution is 0.800. The fourth-order valence-corrected chi connectivity index (χ4v) is 4.32. The molecular formula is C26H26ClN5. The fourth-order valence-electron chi connectivity index (χ4n) is 4.19. The second-order valence-corrected chi connectivity index (χ2v) is 8.85. The third kappa shape index (κ3) is 4.13. The molecule has 2 aliphatic carbocycles. The molecule has 5 rings (SSSR count). The van der Waals surface area contributed by atoms with Gasteiger partial charge in [-0.3, -0.25) is 9.98 Å². The van der Waals surface area contributed by atoms with Crippen LogP contribution in [0.1, 0.15) is 26.7 Å². The van der Waals surface area contributed by atoms with Crippen LogP contribution < -0.4 is 21.4 Å². The van der Waals surface area contributed by atoms with E-state index < -0.39 is 0 Å². The van der Waals surface area contributed by atoms with Crippen LogP contribution in [0.2, 0.25) is 5.02 Å². The van der Waals surface area contributed by atoms with E-state index >= 15 is 0 Å². The Kier molecular flexibility index (Phi) is 5.66. The summed E-state index contributed by atoms with van der Waals surface area (Å²) in [7, 11) is 0. The number of aliphatic imine (C=N–C) groups is 1. The number of anilines is 1. The van der Waals surface area contributed by atoms with E-state index in [1.165, 1.54) is 0 Å². The van der Waals surface area contributed by atoms with Crippen LogP contribution in [0.3, 0.4) is 0 Å². The van der Waals surface area contributed by atoms with Gasteiger partial charge in [0, 0.05) is 23.0 Å². The molecule has 0 fully saturated rings. The second kappa shape index (κ2) is 8.75. The van der Waals surface area contributed by atoms with Crippen molar-refractivity contribution >= 4 is 35.7 Å². The minimum absolute atomic E-state index is 0.138. The van der Waals surface area contributed by atoms with Crippen molar-refractivity contribution < 1.29 is 0 Å². The molecule has 0 spiro atoms. The fraction of sp³-hybridized carbons (Fsp3) is 0.269. The highest BCUT2D eigenvalue weighted by Crippen LogP contribution is 2.23. The Morgan fingerprint density at radius 1 is 1.12 bits per heavy atom. The molecular weight excluding hydrogens is 418 g/mol. The van der Waals surface area contributed by atoms with E-state index in [9.17, 15) is 0 Å². The first kappa shape index (κ1) is 20.7. The third-order valence-corrected chi connectivity index (χ3v) is 5.83. The lowest BCUT2D eigenvalue weighted by Gasteiger charge is -2.22. The molecule has 0 bridgehead atoms. The number of allylic oxidation sites excluding steroid dienone is 1. The van der Waals surface area contributed by atoms with Gasteiger partial charge in [0.25, 0.3) is 0 Å². The predicted octanol–water partition coefficient (Wildman–Crippen LogP) is 3.72. The van der Waals surface area contributed by atoms with Gasteiger partial charge < -0.3 is 9.88 Å². The van der Waals surface area contributed by atoms with Crippen LogP contribution in [0.5, 0.6) is 0 Å². The summed E-state index contributed by atoms with van der Waals surface area (Å²) in [5.41, 5.74) is 4.00. The van der Waals surface area contributed by atoms with E-state index in [4.69, 9.17) is 21.6 Å². The standard InChI is InChI=1S/C26H26ClN5/c1-17(2)29-23-15-26-24(14-22(23)30-19-6-5-13-28-16-19)31-21-7-3-4-8-25(21)32(26)20-11-9-18(27)10-12-20/h5-15,17,19,30H,3-4,16H2,1-2H3. The van der Waals surface area contributed by atoms with Crippen LogP contribution in [0.4, 0.5) is 5.69 Å². The Bertz CT molecular complexity index is 1360. The molecule has 32 heavy (non-hydrogen) atoms. The summed E-state index contributed by atoms with van der Waals surface area (Å²) in [6.45, 7) is 4.90. The van der Waals surface area contributed by atoms with E-state index in [0.717, 1.165) is 56.7 Å². The number of benzene rings is 2. The van der Waals surface area contributed by atoms with E-state index in [1.807, 2.05) is 24.4 Å². The summed E-state index contributed by atoms with van der Waals surface area (Å²) in [5, 5.41) is 7.40. The molecule has 4 aliphatic rings. The molecule has 2 aliphatic heterocycles. The van der Waals surface area contributed by atoms with Crippen molar-refractivity contribution in [3.05, 3.63) is 69.6 Å². The summed E-state index contributed by atoms with van der Waals surface area (Å²) in [6, 6.07) is 12.6. The average Bonchev–Trinajstić information content (AvgIpc) is 2.79. The van der Waals surface area contributed by atoms with Gasteiger partial charge in [0.2, 0.25) is 0 Å². The number of hydrogen-bond donors (Lipinski definition) is 1. The van der Waals surface area contributed by atoms with Crippen LogP contribution in [0.25, 0.3) is 29.2 Å². The summed E-state index contributed by atoms with van der Waals surface area (Å²) in [4.78, 5) is 14.3.